The lowest BCUT2D eigenvalue weighted by Gasteiger charge is -2.32. The van der Waals surface area contributed by atoms with Crippen molar-refractivity contribution in [3.63, 3.8) is 0 Å². The molecular formula is C42H49N7O5. The summed E-state index contributed by atoms with van der Waals surface area (Å²) in [5.41, 5.74) is 8.77. The zero-order valence-corrected chi connectivity index (χ0v) is 31.5. The lowest BCUT2D eigenvalue weighted by molar-refractivity contribution is -0.152. The SMILES string of the molecule is COC(=O)C12CCC(CCN3CCc4c(nc(C(=O)Nc5cccc(-c6cccc7c6CCN7C(=O)c6cc7n(n6)CCCC7O)c5C)n4C)C3)(CC1)C2. The van der Waals surface area contributed by atoms with E-state index >= 15 is 0 Å². The fourth-order valence-electron chi connectivity index (χ4n) is 10.4. The van der Waals surface area contributed by atoms with Crippen molar-refractivity contribution in [3.05, 3.63) is 82.2 Å². The predicted molar refractivity (Wildman–Crippen MR) is 203 cm³/mol. The Balaban J connectivity index is 0.888. The van der Waals surface area contributed by atoms with Gasteiger partial charge in [-0.25, -0.2) is 4.98 Å². The summed E-state index contributed by atoms with van der Waals surface area (Å²) in [6, 6.07) is 13.7. The zero-order chi connectivity index (χ0) is 37.4. The van der Waals surface area contributed by atoms with Crippen LogP contribution in [0.15, 0.2) is 42.5 Å². The van der Waals surface area contributed by atoms with E-state index in [9.17, 15) is 19.5 Å². The van der Waals surface area contributed by atoms with Crippen molar-refractivity contribution in [1.29, 1.82) is 0 Å². The van der Waals surface area contributed by atoms with Gasteiger partial charge in [0.05, 0.1) is 30.0 Å². The second-order valence-electron chi connectivity index (χ2n) is 16.4. The largest absolute Gasteiger partial charge is 0.469 e. The number of nitrogens with one attached hydrogen (secondary N) is 1. The highest BCUT2D eigenvalue weighted by atomic mass is 16.5. The number of aromatic nitrogens is 4. The third-order valence-corrected chi connectivity index (χ3v) is 13.5. The number of carbonyl (C=O) groups excluding carboxylic acids is 3. The number of aryl methyl sites for hydroxylation is 1. The van der Waals surface area contributed by atoms with Crippen molar-refractivity contribution >= 4 is 29.2 Å². The second-order valence-corrected chi connectivity index (χ2v) is 16.4. The van der Waals surface area contributed by atoms with Crippen molar-refractivity contribution < 1.29 is 24.2 Å². The molecule has 0 radical (unpaired) electrons. The van der Waals surface area contributed by atoms with Crippen LogP contribution in [0.4, 0.5) is 11.4 Å². The van der Waals surface area contributed by atoms with Crippen molar-refractivity contribution in [2.75, 3.05) is 37.0 Å². The standard InChI is InChI=1S/C42H49N7O5/c1-26-27(28-8-5-10-33-29(28)12-21-48(33)39(52)31-23-35-36(50)11-6-19-49(35)45-31)7-4-9-30(26)44-38(51)37-43-32-24-47(20-13-34(32)46(37)2)22-18-41-14-16-42(25-41,17-15-41)40(53)54-3/h4-5,7-10,23,36,50H,6,11-22,24-25H2,1-3H3,(H,44,51). The number of methoxy groups -OCH3 is 1. The number of nitrogens with zero attached hydrogens (tertiary/aromatic N) is 6. The number of rotatable bonds is 8. The van der Waals surface area contributed by atoms with E-state index in [-0.39, 0.29) is 28.6 Å². The highest BCUT2D eigenvalue weighted by Crippen LogP contribution is 2.63. The molecule has 5 heterocycles. The number of esters is 1. The summed E-state index contributed by atoms with van der Waals surface area (Å²) in [6.45, 7) is 5.87. The van der Waals surface area contributed by atoms with E-state index in [1.165, 1.54) is 7.11 Å². The summed E-state index contributed by atoms with van der Waals surface area (Å²) in [5.74, 6) is -0.0198. The van der Waals surface area contributed by atoms with Crippen molar-refractivity contribution in [2.24, 2.45) is 17.9 Å². The molecular weight excluding hydrogens is 683 g/mol. The van der Waals surface area contributed by atoms with Gasteiger partial charge in [0.1, 0.15) is 0 Å². The maximum atomic E-state index is 13.8. The molecule has 2 aliphatic carbocycles. The van der Waals surface area contributed by atoms with E-state index in [1.807, 2.05) is 42.8 Å². The van der Waals surface area contributed by atoms with Crippen LogP contribution in [0.2, 0.25) is 0 Å². The molecule has 1 atom stereocenters. The first-order chi connectivity index (χ1) is 26.1. The molecule has 54 heavy (non-hydrogen) atoms. The second kappa shape index (κ2) is 13.2. The molecule has 2 bridgehead atoms. The van der Waals surface area contributed by atoms with Crippen LogP contribution in [0.3, 0.4) is 0 Å². The summed E-state index contributed by atoms with van der Waals surface area (Å²) < 4.78 is 8.89. The number of ether oxygens (including phenoxy) is 1. The lowest BCUT2D eigenvalue weighted by atomic mass is 9.80. The Morgan fingerprint density at radius 2 is 1.81 bits per heavy atom. The number of aliphatic hydroxyl groups is 1. The average Bonchev–Trinajstić information content (AvgIpc) is 4.02. The Hall–Kier alpha value is -4.81. The summed E-state index contributed by atoms with van der Waals surface area (Å²) in [5, 5.41) is 18.2. The molecule has 282 valence electrons. The molecule has 3 aliphatic heterocycles. The van der Waals surface area contributed by atoms with Gasteiger partial charge in [0, 0.05) is 56.7 Å². The van der Waals surface area contributed by atoms with Gasteiger partial charge in [0.15, 0.2) is 11.5 Å². The Labute approximate surface area is 315 Å². The van der Waals surface area contributed by atoms with E-state index in [1.54, 1.807) is 15.6 Å². The number of hydrogen-bond donors (Lipinski definition) is 2. The monoisotopic (exact) mass is 731 g/mol. The number of aliphatic hydroxyl groups excluding tert-OH is 1. The van der Waals surface area contributed by atoms with Gasteiger partial charge in [-0.3, -0.25) is 24.0 Å². The quantitative estimate of drug-likeness (QED) is 0.219. The van der Waals surface area contributed by atoms with Crippen LogP contribution >= 0.6 is 0 Å². The van der Waals surface area contributed by atoms with Crippen molar-refractivity contribution in [1.82, 2.24) is 24.2 Å². The molecule has 12 nitrogen and oxygen atoms in total. The van der Waals surface area contributed by atoms with Crippen LogP contribution in [0, 0.1) is 17.8 Å². The molecule has 9 rings (SSSR count). The fourth-order valence-corrected chi connectivity index (χ4v) is 10.4. The molecule has 2 aromatic carbocycles. The minimum Gasteiger partial charge on any atom is -0.469 e. The molecule has 2 saturated carbocycles. The van der Waals surface area contributed by atoms with Crippen LogP contribution in [-0.4, -0.2) is 73.9 Å². The van der Waals surface area contributed by atoms with E-state index in [0.29, 0.717) is 49.7 Å². The van der Waals surface area contributed by atoms with Gasteiger partial charge in [-0.05, 0) is 117 Å². The molecule has 12 heteroatoms. The summed E-state index contributed by atoms with van der Waals surface area (Å²) >= 11 is 0. The Morgan fingerprint density at radius 1 is 1.02 bits per heavy atom. The molecule has 2 N–H and O–H groups in total. The van der Waals surface area contributed by atoms with Gasteiger partial charge >= 0.3 is 5.97 Å². The van der Waals surface area contributed by atoms with Crippen LogP contribution in [0.25, 0.3) is 11.1 Å². The van der Waals surface area contributed by atoms with Crippen LogP contribution in [0.1, 0.15) is 107 Å². The predicted octanol–water partition coefficient (Wildman–Crippen LogP) is 5.75. The number of carbonyl (C=O) groups is 3. The zero-order valence-electron chi connectivity index (χ0n) is 31.5. The van der Waals surface area contributed by atoms with Crippen LogP contribution < -0.4 is 10.2 Å². The highest BCUT2D eigenvalue weighted by molar-refractivity contribution is 6.07. The van der Waals surface area contributed by atoms with Gasteiger partial charge in [-0.2, -0.15) is 5.10 Å². The van der Waals surface area contributed by atoms with Crippen LogP contribution in [0.5, 0.6) is 0 Å². The highest BCUT2D eigenvalue weighted by Gasteiger charge is 2.58. The Kier molecular flexibility index (Phi) is 8.53. The van der Waals surface area contributed by atoms with Crippen molar-refractivity contribution in [3.8, 4) is 11.1 Å². The van der Waals surface area contributed by atoms with E-state index in [0.717, 1.165) is 109 Å². The number of hydrogen-bond acceptors (Lipinski definition) is 8. The molecule has 5 aliphatic rings. The first-order valence-electron chi connectivity index (χ1n) is 19.5. The number of imidazole rings is 1. The smallest absolute Gasteiger partial charge is 0.311 e. The van der Waals surface area contributed by atoms with E-state index in [2.05, 4.69) is 27.4 Å². The minimum atomic E-state index is -0.592. The number of amides is 2. The summed E-state index contributed by atoms with van der Waals surface area (Å²) in [7, 11) is 3.45. The topological polar surface area (TPSA) is 135 Å². The van der Waals surface area contributed by atoms with Gasteiger partial charge in [0.2, 0.25) is 0 Å². The number of benzene rings is 2. The Bertz CT molecular complexity index is 2180. The van der Waals surface area contributed by atoms with Gasteiger partial charge in [-0.1, -0.05) is 24.3 Å². The first-order valence-corrected chi connectivity index (χ1v) is 19.5. The Morgan fingerprint density at radius 3 is 2.61 bits per heavy atom. The summed E-state index contributed by atoms with van der Waals surface area (Å²) in [4.78, 5) is 49.3. The van der Waals surface area contributed by atoms with Gasteiger partial charge in [-0.15, -0.1) is 0 Å². The maximum absolute atomic E-state index is 13.8. The van der Waals surface area contributed by atoms with E-state index in [4.69, 9.17) is 9.72 Å². The molecule has 2 aromatic heterocycles. The van der Waals surface area contributed by atoms with Crippen molar-refractivity contribution in [2.45, 2.75) is 90.3 Å². The van der Waals surface area contributed by atoms with Crippen LogP contribution in [-0.2, 0) is 42.5 Å². The molecule has 1 unspecified atom stereocenters. The fraction of sp³-hybridized carbons (Fsp3) is 0.500. The maximum Gasteiger partial charge on any atom is 0.311 e. The first kappa shape index (κ1) is 34.9. The molecule has 4 aromatic rings. The number of fused-ring (bicyclic) bond motifs is 5. The van der Waals surface area contributed by atoms with E-state index < -0.39 is 6.10 Å². The molecule has 0 spiro atoms. The summed E-state index contributed by atoms with van der Waals surface area (Å²) in [6.07, 6.45) is 8.58. The normalized spacial score (nSPS) is 24.3. The third kappa shape index (κ3) is 5.68. The lowest BCUT2D eigenvalue weighted by Crippen LogP contribution is -2.34. The third-order valence-electron chi connectivity index (χ3n) is 13.5. The number of anilines is 2. The minimum absolute atomic E-state index is 0.0264. The molecule has 0 saturated heterocycles. The molecule has 2 fully saturated rings. The molecule has 2 amide bonds. The van der Waals surface area contributed by atoms with Gasteiger partial charge in [0.25, 0.3) is 11.8 Å². The average molecular weight is 732 g/mol. The van der Waals surface area contributed by atoms with Gasteiger partial charge < -0.3 is 24.6 Å².